The lowest BCUT2D eigenvalue weighted by Gasteiger charge is -2.21. The number of hydrogen-bond acceptors (Lipinski definition) is 6. The first-order chi connectivity index (χ1) is 16.7. The summed E-state index contributed by atoms with van der Waals surface area (Å²) in [6.45, 7) is 9.51. The molecule has 0 N–H and O–H groups in total. The summed E-state index contributed by atoms with van der Waals surface area (Å²) in [4.78, 5) is 22.3. The van der Waals surface area contributed by atoms with Crippen molar-refractivity contribution in [2.75, 3.05) is 26.4 Å². The standard InChI is InChI=1S/C25H24Br4O6/c1-4-17(15-11-18(26)24(19(27)12-15)34-9-7-32-22(30)5-2)16-13-20(28)25(21(29)14-16)35-10-8-33-23(31)6-3/h5-6,11-14,17H,2-4,7-10H2,1H3. The van der Waals surface area contributed by atoms with Crippen LogP contribution < -0.4 is 9.47 Å². The Hall–Kier alpha value is -1.62. The molecule has 0 saturated heterocycles. The molecule has 0 radical (unpaired) electrons. The van der Waals surface area contributed by atoms with Crippen LogP contribution in [0.2, 0.25) is 0 Å². The number of carbonyl (C=O) groups excluding carboxylic acids is 2. The first-order valence-electron chi connectivity index (χ1n) is 10.5. The van der Waals surface area contributed by atoms with Crippen molar-refractivity contribution in [2.45, 2.75) is 19.3 Å². The van der Waals surface area contributed by atoms with Gasteiger partial charge in [0.15, 0.2) is 0 Å². The van der Waals surface area contributed by atoms with Crippen molar-refractivity contribution in [3.63, 3.8) is 0 Å². The van der Waals surface area contributed by atoms with Crippen LogP contribution in [0.3, 0.4) is 0 Å². The predicted octanol–water partition coefficient (Wildman–Crippen LogP) is 7.49. The van der Waals surface area contributed by atoms with E-state index in [-0.39, 0.29) is 32.3 Å². The summed E-state index contributed by atoms with van der Waals surface area (Å²) in [5, 5.41) is 0. The Bertz CT molecular complexity index is 956. The predicted molar refractivity (Wildman–Crippen MR) is 149 cm³/mol. The fourth-order valence-electron chi connectivity index (χ4n) is 3.19. The second-order valence-electron chi connectivity index (χ2n) is 7.03. The van der Waals surface area contributed by atoms with Crippen LogP contribution in [0, 0.1) is 0 Å². The molecule has 2 rings (SSSR count). The van der Waals surface area contributed by atoms with Gasteiger partial charge in [0.25, 0.3) is 0 Å². The molecule has 0 atom stereocenters. The maximum Gasteiger partial charge on any atom is 0.330 e. The molecule has 188 valence electrons. The van der Waals surface area contributed by atoms with E-state index in [1.165, 1.54) is 0 Å². The normalized spacial score (nSPS) is 10.6. The SMILES string of the molecule is C=CC(=O)OCCOc1c(Br)cc(C(CC)c2cc(Br)c(OCCOC(=O)C=C)c(Br)c2)cc1Br. The molecule has 2 aromatic carbocycles. The third-order valence-corrected chi connectivity index (χ3v) is 7.09. The fraction of sp³-hybridized carbons (Fsp3) is 0.280. The van der Waals surface area contributed by atoms with E-state index in [1.807, 2.05) is 24.3 Å². The second-order valence-corrected chi connectivity index (χ2v) is 10.4. The summed E-state index contributed by atoms with van der Waals surface area (Å²) in [6.07, 6.45) is 3.08. The van der Waals surface area contributed by atoms with Gasteiger partial charge in [0.05, 0.1) is 17.9 Å². The molecule has 0 bridgehead atoms. The monoisotopic (exact) mass is 736 g/mol. The zero-order chi connectivity index (χ0) is 26.0. The number of esters is 2. The van der Waals surface area contributed by atoms with E-state index in [1.54, 1.807) is 0 Å². The van der Waals surface area contributed by atoms with Crippen molar-refractivity contribution in [3.05, 3.63) is 78.6 Å². The van der Waals surface area contributed by atoms with Crippen LogP contribution >= 0.6 is 63.7 Å². The van der Waals surface area contributed by atoms with Gasteiger partial charge in [0.2, 0.25) is 0 Å². The van der Waals surface area contributed by atoms with Crippen LogP contribution in [-0.4, -0.2) is 38.4 Å². The topological polar surface area (TPSA) is 71.1 Å². The number of carbonyl (C=O) groups is 2. The maximum absolute atomic E-state index is 11.2. The maximum atomic E-state index is 11.2. The lowest BCUT2D eigenvalue weighted by atomic mass is 9.89. The second kappa shape index (κ2) is 14.8. The van der Waals surface area contributed by atoms with E-state index in [0.29, 0.717) is 11.5 Å². The Morgan fingerprint density at radius 2 is 1.09 bits per heavy atom. The van der Waals surface area contributed by atoms with Gasteiger partial charge in [0, 0.05) is 18.1 Å². The van der Waals surface area contributed by atoms with Gasteiger partial charge in [-0.15, -0.1) is 0 Å². The van der Waals surface area contributed by atoms with E-state index in [9.17, 15) is 9.59 Å². The van der Waals surface area contributed by atoms with Crippen LogP contribution in [0.5, 0.6) is 11.5 Å². The molecule has 0 aliphatic rings. The third-order valence-electron chi connectivity index (χ3n) is 4.74. The van der Waals surface area contributed by atoms with Crippen LogP contribution in [0.1, 0.15) is 30.4 Å². The molecule has 0 spiro atoms. The number of ether oxygens (including phenoxy) is 4. The average molecular weight is 740 g/mol. The van der Waals surface area contributed by atoms with Gasteiger partial charge in [-0.3, -0.25) is 0 Å². The lowest BCUT2D eigenvalue weighted by Crippen LogP contribution is -2.11. The van der Waals surface area contributed by atoms with Crippen molar-refractivity contribution in [2.24, 2.45) is 0 Å². The van der Waals surface area contributed by atoms with Gasteiger partial charge in [-0.1, -0.05) is 20.1 Å². The average Bonchev–Trinajstić information content (AvgIpc) is 2.82. The molecule has 0 unspecified atom stereocenters. The molecular weight excluding hydrogens is 716 g/mol. The van der Waals surface area contributed by atoms with E-state index in [2.05, 4.69) is 83.8 Å². The van der Waals surface area contributed by atoms with E-state index >= 15 is 0 Å². The molecule has 10 heteroatoms. The summed E-state index contributed by atoms with van der Waals surface area (Å²) >= 11 is 14.4. The Morgan fingerprint density at radius 3 is 1.37 bits per heavy atom. The third kappa shape index (κ3) is 8.77. The molecular formula is C25H24Br4O6. The lowest BCUT2D eigenvalue weighted by molar-refractivity contribution is -0.139. The molecule has 0 heterocycles. The number of rotatable bonds is 13. The minimum atomic E-state index is -0.488. The van der Waals surface area contributed by atoms with Gasteiger partial charge in [-0.25, -0.2) is 9.59 Å². The molecule has 0 aliphatic heterocycles. The molecule has 6 nitrogen and oxygen atoms in total. The van der Waals surface area contributed by atoms with Crippen molar-refractivity contribution < 1.29 is 28.5 Å². The van der Waals surface area contributed by atoms with E-state index in [0.717, 1.165) is 47.6 Å². The molecule has 0 amide bonds. The highest BCUT2D eigenvalue weighted by Crippen LogP contribution is 2.42. The van der Waals surface area contributed by atoms with Crippen molar-refractivity contribution in [3.8, 4) is 11.5 Å². The van der Waals surface area contributed by atoms with Crippen molar-refractivity contribution in [1.82, 2.24) is 0 Å². The van der Waals surface area contributed by atoms with Crippen molar-refractivity contribution in [1.29, 1.82) is 0 Å². The Balaban J connectivity index is 2.16. The highest BCUT2D eigenvalue weighted by Gasteiger charge is 2.20. The van der Waals surface area contributed by atoms with E-state index < -0.39 is 11.9 Å². The minimum absolute atomic E-state index is 0.0976. The Kier molecular flexibility index (Phi) is 12.5. The van der Waals surface area contributed by atoms with Crippen molar-refractivity contribution >= 4 is 75.7 Å². The van der Waals surface area contributed by atoms with Crippen LogP contribution in [0.15, 0.2) is 67.5 Å². The first-order valence-corrected chi connectivity index (χ1v) is 13.7. The van der Waals surface area contributed by atoms with Gasteiger partial charge in [-0.2, -0.15) is 0 Å². The summed E-state index contributed by atoms with van der Waals surface area (Å²) in [6, 6.07) is 8.07. The highest BCUT2D eigenvalue weighted by atomic mass is 79.9. The van der Waals surface area contributed by atoms with Gasteiger partial charge >= 0.3 is 11.9 Å². The molecule has 0 fully saturated rings. The Labute approximate surface area is 238 Å². The van der Waals surface area contributed by atoms with Gasteiger partial charge in [0.1, 0.15) is 37.9 Å². The molecule has 0 aromatic heterocycles. The molecule has 0 saturated carbocycles. The quantitative estimate of drug-likeness (QED) is 0.121. The first kappa shape index (κ1) is 29.6. The summed E-state index contributed by atoms with van der Waals surface area (Å²) in [7, 11) is 0. The number of benzene rings is 2. The number of hydrogen-bond donors (Lipinski definition) is 0. The van der Waals surface area contributed by atoms with E-state index in [4.69, 9.17) is 18.9 Å². The largest absolute Gasteiger partial charge is 0.488 e. The fourth-order valence-corrected chi connectivity index (χ4v) is 6.09. The zero-order valence-electron chi connectivity index (χ0n) is 19.0. The summed E-state index contributed by atoms with van der Waals surface area (Å²) in [5.74, 6) is 0.374. The van der Waals surface area contributed by atoms with Crippen LogP contribution in [0.4, 0.5) is 0 Å². The van der Waals surface area contributed by atoms with Gasteiger partial charge in [-0.05, 0) is 106 Å². The smallest absolute Gasteiger partial charge is 0.330 e. The minimum Gasteiger partial charge on any atom is -0.488 e. The molecule has 0 aliphatic carbocycles. The Morgan fingerprint density at radius 1 is 0.743 bits per heavy atom. The highest BCUT2D eigenvalue weighted by molar-refractivity contribution is 9.11. The van der Waals surface area contributed by atoms with Gasteiger partial charge < -0.3 is 18.9 Å². The zero-order valence-corrected chi connectivity index (χ0v) is 25.3. The van der Waals surface area contributed by atoms with Crippen LogP contribution in [0.25, 0.3) is 0 Å². The summed E-state index contributed by atoms with van der Waals surface area (Å²) in [5.41, 5.74) is 2.17. The van der Waals surface area contributed by atoms with Crippen LogP contribution in [-0.2, 0) is 19.1 Å². The number of halogens is 4. The molecule has 35 heavy (non-hydrogen) atoms. The summed E-state index contributed by atoms with van der Waals surface area (Å²) < 4.78 is 24.6. The molecule has 2 aromatic rings.